The van der Waals surface area contributed by atoms with Gasteiger partial charge in [0.05, 0.1) is 11.4 Å². The molecular formula is C14H27N5O3S. The molecule has 9 heteroatoms. The maximum Gasteiger partial charge on any atom is 0.210 e. The molecule has 23 heavy (non-hydrogen) atoms. The van der Waals surface area contributed by atoms with Crippen LogP contribution >= 0.6 is 0 Å². The minimum atomic E-state index is -3.49. The molecule has 132 valence electrons. The summed E-state index contributed by atoms with van der Waals surface area (Å²) >= 11 is 0. The Kier molecular flexibility index (Phi) is 8.04. The first-order valence-corrected chi connectivity index (χ1v) is 9.59. The fraction of sp³-hybridized carbons (Fsp3) is 0.714. The van der Waals surface area contributed by atoms with Crippen LogP contribution in [0.1, 0.15) is 51.0 Å². The Morgan fingerprint density at radius 1 is 1.35 bits per heavy atom. The molecule has 1 aromatic rings. The Labute approximate surface area is 138 Å². The van der Waals surface area contributed by atoms with Crippen molar-refractivity contribution in [3.8, 4) is 0 Å². The first kappa shape index (κ1) is 19.4. The molecule has 1 rings (SSSR count). The maximum absolute atomic E-state index is 10.9. The van der Waals surface area contributed by atoms with Crippen molar-refractivity contribution < 1.29 is 12.9 Å². The van der Waals surface area contributed by atoms with E-state index >= 15 is 0 Å². The van der Waals surface area contributed by atoms with Gasteiger partial charge in [0.15, 0.2) is 11.7 Å². The monoisotopic (exact) mass is 345 g/mol. The van der Waals surface area contributed by atoms with E-state index in [9.17, 15) is 8.42 Å². The van der Waals surface area contributed by atoms with Gasteiger partial charge in [-0.25, -0.2) is 18.5 Å². The van der Waals surface area contributed by atoms with Crippen LogP contribution in [0.15, 0.2) is 15.6 Å². The van der Waals surface area contributed by atoms with Crippen molar-refractivity contribution in [3.63, 3.8) is 0 Å². The number of nitrogens with two attached hydrogens (primary N) is 1. The largest absolute Gasteiger partial charge is 0.359 e. The van der Waals surface area contributed by atoms with E-state index in [0.717, 1.165) is 18.5 Å². The number of rotatable bonds is 9. The number of sulfonamides is 1. The van der Waals surface area contributed by atoms with Crippen LogP contribution in [-0.4, -0.2) is 38.4 Å². The minimum absolute atomic E-state index is 0.154. The van der Waals surface area contributed by atoms with Crippen LogP contribution in [0.4, 0.5) is 0 Å². The highest BCUT2D eigenvalue weighted by Crippen LogP contribution is 2.22. The van der Waals surface area contributed by atoms with Crippen LogP contribution in [0, 0.1) is 0 Å². The van der Waals surface area contributed by atoms with Gasteiger partial charge in [-0.1, -0.05) is 19.0 Å². The second-order valence-corrected chi connectivity index (χ2v) is 6.95. The number of hydrogen-bond donors (Lipinski definition) is 3. The maximum atomic E-state index is 10.9. The molecule has 4 N–H and O–H groups in total. The molecule has 0 aliphatic rings. The van der Waals surface area contributed by atoms with Crippen molar-refractivity contribution in [2.45, 2.75) is 46.1 Å². The van der Waals surface area contributed by atoms with E-state index in [1.54, 1.807) is 0 Å². The number of nitrogens with zero attached hydrogens (tertiary/aromatic N) is 2. The summed E-state index contributed by atoms with van der Waals surface area (Å²) in [7, 11) is -3.49. The van der Waals surface area contributed by atoms with Gasteiger partial charge in [0, 0.05) is 25.1 Å². The zero-order valence-electron chi connectivity index (χ0n) is 14.0. The van der Waals surface area contributed by atoms with Gasteiger partial charge in [0.1, 0.15) is 6.54 Å². The van der Waals surface area contributed by atoms with Crippen LogP contribution in [0.2, 0.25) is 0 Å². The number of primary sulfonamides is 1. The zero-order chi connectivity index (χ0) is 17.3. The van der Waals surface area contributed by atoms with E-state index in [1.807, 2.05) is 13.0 Å². The average molecular weight is 345 g/mol. The summed E-state index contributed by atoms with van der Waals surface area (Å²) in [5.74, 6) is 1.43. The van der Waals surface area contributed by atoms with Crippen molar-refractivity contribution in [2.75, 3.05) is 18.8 Å². The second-order valence-electron chi connectivity index (χ2n) is 5.22. The molecular weight excluding hydrogens is 318 g/mol. The van der Waals surface area contributed by atoms with Crippen molar-refractivity contribution in [2.24, 2.45) is 10.1 Å². The first-order chi connectivity index (χ1) is 10.9. The van der Waals surface area contributed by atoms with Crippen LogP contribution in [0.25, 0.3) is 0 Å². The van der Waals surface area contributed by atoms with Gasteiger partial charge in [-0.15, -0.1) is 0 Å². The summed E-state index contributed by atoms with van der Waals surface area (Å²) in [5, 5.41) is 15.0. The molecule has 0 unspecified atom stereocenters. The Bertz CT molecular complexity index is 593. The predicted octanol–water partition coefficient (Wildman–Crippen LogP) is 0.922. The minimum Gasteiger partial charge on any atom is -0.359 e. The van der Waals surface area contributed by atoms with Crippen molar-refractivity contribution >= 4 is 16.0 Å². The van der Waals surface area contributed by atoms with Crippen LogP contribution in [-0.2, 0) is 16.6 Å². The second kappa shape index (κ2) is 9.51. The SMILES string of the molecule is CCNC(=NCc1cc(C(CC)CC)no1)NCCS(N)(=O)=O. The number of nitrogens with one attached hydrogen (secondary N) is 2. The quantitative estimate of drug-likeness (QED) is 0.452. The third kappa shape index (κ3) is 7.47. The number of aliphatic imine (C=N–C) groups is 1. The summed E-state index contributed by atoms with van der Waals surface area (Å²) in [4.78, 5) is 4.35. The molecule has 0 aromatic carbocycles. The Morgan fingerprint density at radius 3 is 2.61 bits per heavy atom. The molecule has 1 heterocycles. The lowest BCUT2D eigenvalue weighted by molar-refractivity contribution is 0.372. The van der Waals surface area contributed by atoms with E-state index in [2.05, 4.69) is 34.6 Å². The molecule has 0 bridgehead atoms. The molecule has 0 aliphatic heterocycles. The summed E-state index contributed by atoms with van der Waals surface area (Å²) in [6, 6.07) is 1.93. The van der Waals surface area contributed by atoms with E-state index in [0.29, 0.717) is 30.7 Å². The highest BCUT2D eigenvalue weighted by Gasteiger charge is 2.12. The van der Waals surface area contributed by atoms with Gasteiger partial charge in [0.25, 0.3) is 0 Å². The zero-order valence-corrected chi connectivity index (χ0v) is 14.8. The molecule has 1 aromatic heterocycles. The van der Waals surface area contributed by atoms with Crippen molar-refractivity contribution in [3.05, 3.63) is 17.5 Å². The fourth-order valence-electron chi connectivity index (χ4n) is 2.11. The van der Waals surface area contributed by atoms with Crippen LogP contribution < -0.4 is 15.8 Å². The molecule has 0 spiro atoms. The highest BCUT2D eigenvalue weighted by molar-refractivity contribution is 7.89. The topological polar surface area (TPSA) is 123 Å². The molecule has 0 saturated heterocycles. The first-order valence-electron chi connectivity index (χ1n) is 7.87. The Hall–Kier alpha value is -1.61. The normalized spacial score (nSPS) is 12.7. The standard InChI is InChI=1S/C14H27N5O3S/c1-4-11(5-2)13-9-12(22-19-13)10-18-14(16-6-3)17-7-8-23(15,20)21/h9,11H,4-8,10H2,1-3H3,(H2,15,20,21)(H2,16,17,18). The van der Waals surface area contributed by atoms with Crippen molar-refractivity contribution in [1.82, 2.24) is 15.8 Å². The van der Waals surface area contributed by atoms with Gasteiger partial charge in [0.2, 0.25) is 10.0 Å². The van der Waals surface area contributed by atoms with Gasteiger partial charge in [-0.05, 0) is 19.8 Å². The molecule has 0 atom stereocenters. The average Bonchev–Trinajstić information content (AvgIpc) is 2.93. The third-order valence-corrected chi connectivity index (χ3v) is 4.17. The van der Waals surface area contributed by atoms with Gasteiger partial charge < -0.3 is 15.2 Å². The molecule has 8 nitrogen and oxygen atoms in total. The molecule has 0 fully saturated rings. The van der Waals surface area contributed by atoms with Crippen LogP contribution in [0.5, 0.6) is 0 Å². The predicted molar refractivity (Wildman–Crippen MR) is 90.6 cm³/mol. The third-order valence-electron chi connectivity index (χ3n) is 3.40. The van der Waals surface area contributed by atoms with Crippen molar-refractivity contribution in [1.29, 1.82) is 0 Å². The Morgan fingerprint density at radius 2 is 2.04 bits per heavy atom. The van der Waals surface area contributed by atoms with E-state index in [4.69, 9.17) is 9.66 Å². The highest BCUT2D eigenvalue weighted by atomic mass is 32.2. The number of guanidine groups is 1. The lowest BCUT2D eigenvalue weighted by Gasteiger charge is -2.10. The molecule has 0 aliphatic carbocycles. The smallest absolute Gasteiger partial charge is 0.210 e. The lowest BCUT2D eigenvalue weighted by Crippen LogP contribution is -2.40. The fourth-order valence-corrected chi connectivity index (χ4v) is 2.50. The van der Waals surface area contributed by atoms with Gasteiger partial charge in [-0.2, -0.15) is 0 Å². The summed E-state index contributed by atoms with van der Waals surface area (Å²) < 4.78 is 27.2. The van der Waals surface area contributed by atoms with Gasteiger partial charge >= 0.3 is 0 Å². The number of hydrogen-bond acceptors (Lipinski definition) is 5. The van der Waals surface area contributed by atoms with E-state index in [-0.39, 0.29) is 12.3 Å². The van der Waals surface area contributed by atoms with E-state index < -0.39 is 10.0 Å². The number of aromatic nitrogens is 1. The molecule has 0 radical (unpaired) electrons. The molecule has 0 amide bonds. The molecule has 0 saturated carbocycles. The lowest BCUT2D eigenvalue weighted by atomic mass is 9.99. The Balaban J connectivity index is 2.62. The van der Waals surface area contributed by atoms with Crippen LogP contribution in [0.3, 0.4) is 0 Å². The van der Waals surface area contributed by atoms with Gasteiger partial charge in [-0.3, -0.25) is 0 Å². The summed E-state index contributed by atoms with van der Waals surface area (Å²) in [6.45, 7) is 7.36. The summed E-state index contributed by atoms with van der Waals surface area (Å²) in [5.41, 5.74) is 0.951. The van der Waals surface area contributed by atoms with E-state index in [1.165, 1.54) is 0 Å². The summed E-state index contributed by atoms with van der Waals surface area (Å²) in [6.07, 6.45) is 2.03.